The van der Waals surface area contributed by atoms with E-state index in [-0.39, 0.29) is 0 Å². The van der Waals surface area contributed by atoms with E-state index in [1.54, 1.807) is 0 Å². The smallest absolute Gasteiger partial charge is 0.0730 e. The highest BCUT2D eigenvalue weighted by atomic mass is 15.0. The molecule has 0 saturated carbocycles. The van der Waals surface area contributed by atoms with Gasteiger partial charge in [0.15, 0.2) is 0 Å². The molecule has 0 amide bonds. The van der Waals surface area contributed by atoms with Gasteiger partial charge in [0, 0.05) is 56.1 Å². The molecule has 0 bridgehead atoms. The lowest BCUT2D eigenvalue weighted by Gasteiger charge is -2.15. The van der Waals surface area contributed by atoms with Gasteiger partial charge in [0.2, 0.25) is 0 Å². The van der Waals surface area contributed by atoms with E-state index in [9.17, 15) is 0 Å². The molecule has 0 spiro atoms. The Morgan fingerprint density at radius 2 is 0.917 bits per heavy atom. The molecule has 0 aliphatic carbocycles. The first kappa shape index (κ1) is 26.7. The minimum Gasteiger partial charge on any atom is -0.308 e. The first-order chi connectivity index (χ1) is 23.8. The van der Waals surface area contributed by atoms with Crippen molar-refractivity contribution in [1.82, 2.24) is 19.1 Å². The van der Waals surface area contributed by atoms with Gasteiger partial charge in [0.05, 0.1) is 39.1 Å². The molecule has 0 atom stereocenters. The van der Waals surface area contributed by atoms with Gasteiger partial charge in [-0.1, -0.05) is 115 Å². The summed E-state index contributed by atoms with van der Waals surface area (Å²) in [5.41, 5.74) is 10.9. The van der Waals surface area contributed by atoms with E-state index in [1.807, 2.05) is 12.4 Å². The Hall–Kier alpha value is -6.52. The first-order valence-corrected chi connectivity index (χ1v) is 16.3. The number of benzene rings is 6. The third-order valence-corrected chi connectivity index (χ3v) is 9.55. The average Bonchev–Trinajstić information content (AvgIpc) is 3.70. The van der Waals surface area contributed by atoms with Gasteiger partial charge in [0.1, 0.15) is 0 Å². The highest BCUT2D eigenvalue weighted by Crippen LogP contribution is 2.46. The fourth-order valence-electron chi connectivity index (χ4n) is 7.56. The molecule has 0 N–H and O–H groups in total. The molecule has 0 fully saturated rings. The van der Waals surface area contributed by atoms with Crippen LogP contribution in [0.15, 0.2) is 170 Å². The maximum atomic E-state index is 5.22. The van der Waals surface area contributed by atoms with Crippen LogP contribution in [-0.2, 0) is 0 Å². The van der Waals surface area contributed by atoms with Gasteiger partial charge < -0.3 is 9.13 Å². The molecule has 4 aromatic heterocycles. The molecule has 0 radical (unpaired) electrons. The lowest BCUT2D eigenvalue weighted by Crippen LogP contribution is -1.99. The molecule has 10 aromatic rings. The van der Waals surface area contributed by atoms with Crippen LogP contribution in [0.2, 0.25) is 0 Å². The van der Waals surface area contributed by atoms with Crippen LogP contribution < -0.4 is 0 Å². The number of nitrogens with zero attached hydrogens (tertiary/aromatic N) is 4. The zero-order valence-corrected chi connectivity index (χ0v) is 26.0. The van der Waals surface area contributed by atoms with Gasteiger partial charge in [-0.2, -0.15) is 0 Å². The maximum Gasteiger partial charge on any atom is 0.0730 e. The summed E-state index contributed by atoms with van der Waals surface area (Å²) in [5.74, 6) is 0. The lowest BCUT2D eigenvalue weighted by atomic mass is 10.0. The Morgan fingerprint density at radius 1 is 0.396 bits per heavy atom. The quantitative estimate of drug-likeness (QED) is 0.198. The van der Waals surface area contributed by atoms with E-state index in [2.05, 4.69) is 172 Å². The molecule has 10 rings (SSSR count). The topological polar surface area (TPSA) is 35.6 Å². The van der Waals surface area contributed by atoms with Gasteiger partial charge >= 0.3 is 0 Å². The molecule has 48 heavy (non-hydrogen) atoms. The van der Waals surface area contributed by atoms with Crippen LogP contribution in [0.5, 0.6) is 0 Å². The van der Waals surface area contributed by atoms with E-state index >= 15 is 0 Å². The SMILES string of the molecule is c1ccc(-c2cc(-n3c4ccccc4c4c5ccncc5c5c(c6ccccc6n5-c5ccccc5)c43)cc(-c3ccccc3)n2)cc1. The number of pyridine rings is 2. The highest BCUT2D eigenvalue weighted by Gasteiger charge is 2.25. The van der Waals surface area contributed by atoms with Gasteiger partial charge in [-0.05, 0) is 47.9 Å². The fourth-order valence-corrected chi connectivity index (χ4v) is 7.56. The summed E-state index contributed by atoms with van der Waals surface area (Å²) in [6, 6.07) is 55.9. The van der Waals surface area contributed by atoms with Crippen molar-refractivity contribution >= 4 is 54.4 Å². The Morgan fingerprint density at radius 3 is 1.54 bits per heavy atom. The second kappa shape index (κ2) is 10.5. The monoisotopic (exact) mass is 612 g/mol. The van der Waals surface area contributed by atoms with Gasteiger partial charge in [0.25, 0.3) is 0 Å². The summed E-state index contributed by atoms with van der Waals surface area (Å²) in [4.78, 5) is 9.91. The summed E-state index contributed by atoms with van der Waals surface area (Å²) >= 11 is 0. The second-order valence-corrected chi connectivity index (χ2v) is 12.2. The first-order valence-electron chi connectivity index (χ1n) is 16.3. The minimum atomic E-state index is 0.936. The van der Waals surface area contributed by atoms with Crippen LogP contribution >= 0.6 is 0 Å². The number of hydrogen-bond donors (Lipinski definition) is 0. The third-order valence-electron chi connectivity index (χ3n) is 9.55. The zero-order valence-electron chi connectivity index (χ0n) is 26.0. The van der Waals surface area contributed by atoms with Crippen molar-refractivity contribution in [3.05, 3.63) is 170 Å². The van der Waals surface area contributed by atoms with E-state index in [4.69, 9.17) is 4.98 Å². The van der Waals surface area contributed by atoms with Crippen LogP contribution in [0.25, 0.3) is 88.3 Å². The maximum absolute atomic E-state index is 5.22. The fraction of sp³-hybridized carbons (Fsp3) is 0. The molecule has 4 heteroatoms. The third kappa shape index (κ3) is 3.90. The summed E-state index contributed by atoms with van der Waals surface area (Å²) in [5, 5.41) is 7.17. The lowest BCUT2D eigenvalue weighted by molar-refractivity contribution is 1.16. The Balaban J connectivity index is 1.45. The van der Waals surface area contributed by atoms with Gasteiger partial charge in [-0.25, -0.2) is 4.98 Å². The number of aromatic nitrogens is 4. The molecule has 0 unspecified atom stereocenters. The molecule has 0 aliphatic rings. The molecule has 4 heterocycles. The van der Waals surface area contributed by atoms with Crippen molar-refractivity contribution in [2.24, 2.45) is 0 Å². The molecular weight excluding hydrogens is 585 g/mol. The number of rotatable bonds is 4. The Labute approximate surface area is 276 Å². The number of hydrogen-bond acceptors (Lipinski definition) is 2. The second-order valence-electron chi connectivity index (χ2n) is 12.2. The molecular formula is C44H28N4. The van der Waals surface area contributed by atoms with Crippen molar-refractivity contribution in [2.45, 2.75) is 0 Å². The van der Waals surface area contributed by atoms with E-state index in [0.29, 0.717) is 0 Å². The van der Waals surface area contributed by atoms with Gasteiger partial charge in [-0.15, -0.1) is 0 Å². The summed E-state index contributed by atoms with van der Waals surface area (Å²) in [6.07, 6.45) is 3.96. The molecule has 0 aliphatic heterocycles. The van der Waals surface area contributed by atoms with Crippen molar-refractivity contribution in [2.75, 3.05) is 0 Å². The number of fused-ring (bicyclic) bond motifs is 10. The Kier molecular flexibility index (Phi) is 5.84. The van der Waals surface area contributed by atoms with Crippen LogP contribution in [-0.4, -0.2) is 19.1 Å². The predicted molar refractivity (Wildman–Crippen MR) is 199 cm³/mol. The standard InChI is InChI=1S/C44H28N4/c1-4-14-29(15-5-1)37-26-32(27-38(46-37)30-16-6-2-7-17-30)48-39-22-12-10-20-34(39)41-33-24-25-45-28-36(33)43-42(44(41)48)35-21-11-13-23-40(35)47(43)31-18-8-3-9-19-31/h1-28H. The van der Waals surface area contributed by atoms with Crippen LogP contribution in [0, 0.1) is 0 Å². The van der Waals surface area contributed by atoms with Gasteiger partial charge in [-0.3, -0.25) is 4.98 Å². The largest absolute Gasteiger partial charge is 0.308 e. The molecule has 4 nitrogen and oxygen atoms in total. The van der Waals surface area contributed by atoms with E-state index in [1.165, 1.54) is 32.4 Å². The van der Waals surface area contributed by atoms with Crippen molar-refractivity contribution in [3.63, 3.8) is 0 Å². The zero-order chi connectivity index (χ0) is 31.6. The summed E-state index contributed by atoms with van der Waals surface area (Å²) in [7, 11) is 0. The highest BCUT2D eigenvalue weighted by molar-refractivity contribution is 6.36. The Bertz CT molecular complexity index is 2760. The van der Waals surface area contributed by atoms with Crippen LogP contribution in [0.4, 0.5) is 0 Å². The predicted octanol–water partition coefficient (Wildman–Crippen LogP) is 11.2. The number of para-hydroxylation sites is 3. The summed E-state index contributed by atoms with van der Waals surface area (Å²) in [6.45, 7) is 0. The van der Waals surface area contributed by atoms with Crippen LogP contribution in [0.1, 0.15) is 0 Å². The summed E-state index contributed by atoms with van der Waals surface area (Å²) < 4.78 is 4.88. The van der Waals surface area contributed by atoms with E-state index < -0.39 is 0 Å². The van der Waals surface area contributed by atoms with Crippen LogP contribution in [0.3, 0.4) is 0 Å². The van der Waals surface area contributed by atoms with E-state index in [0.717, 1.165) is 55.8 Å². The molecule has 6 aromatic carbocycles. The normalized spacial score (nSPS) is 11.8. The van der Waals surface area contributed by atoms with Crippen molar-refractivity contribution in [3.8, 4) is 33.9 Å². The minimum absolute atomic E-state index is 0.936. The molecule has 224 valence electrons. The van der Waals surface area contributed by atoms with Crippen molar-refractivity contribution < 1.29 is 0 Å². The average molecular weight is 613 g/mol. The van der Waals surface area contributed by atoms with Crippen molar-refractivity contribution in [1.29, 1.82) is 0 Å². The molecule has 0 saturated heterocycles.